The molecule has 0 atom stereocenters. The molecule has 1 aromatic rings. The van der Waals surface area contributed by atoms with Gasteiger partial charge in [-0.25, -0.2) is 4.90 Å². The molecule has 1 aromatic carbocycles. The lowest BCUT2D eigenvalue weighted by atomic mass is 10.1. The molecule has 1 heterocycles. The van der Waals surface area contributed by atoms with Gasteiger partial charge in [-0.1, -0.05) is 28.8 Å². The van der Waals surface area contributed by atoms with Crippen LogP contribution in [0.2, 0.25) is 10.0 Å². The van der Waals surface area contributed by atoms with Crippen molar-refractivity contribution in [3.05, 3.63) is 33.3 Å². The lowest BCUT2D eigenvalue weighted by Crippen LogP contribution is -2.29. The van der Waals surface area contributed by atoms with Gasteiger partial charge in [-0.2, -0.15) is 0 Å². The molecule has 112 valence electrons. The summed E-state index contributed by atoms with van der Waals surface area (Å²) in [6, 6.07) is 3.00. The molecular weight excluding hydrogens is 313 g/mol. The Morgan fingerprint density at radius 1 is 1.24 bits per heavy atom. The van der Waals surface area contributed by atoms with Crippen molar-refractivity contribution in [3.8, 4) is 5.75 Å². The van der Waals surface area contributed by atoms with Crippen LogP contribution in [-0.2, 0) is 9.59 Å². The summed E-state index contributed by atoms with van der Waals surface area (Å²) >= 11 is 12.2. The van der Waals surface area contributed by atoms with E-state index in [2.05, 4.69) is 0 Å². The van der Waals surface area contributed by atoms with E-state index in [9.17, 15) is 9.59 Å². The molecule has 21 heavy (non-hydrogen) atoms. The number of carbonyl (C=O) groups excluding carboxylic acids is 2. The number of imide groups is 1. The quantitative estimate of drug-likeness (QED) is 0.622. The Bertz CT molecular complexity index is 649. The summed E-state index contributed by atoms with van der Waals surface area (Å²) < 4.78 is 5.38. The van der Waals surface area contributed by atoms with Gasteiger partial charge in [-0.15, -0.1) is 0 Å². The van der Waals surface area contributed by atoms with Crippen LogP contribution in [0.5, 0.6) is 5.75 Å². The van der Waals surface area contributed by atoms with Gasteiger partial charge in [0.15, 0.2) is 0 Å². The largest absolute Gasteiger partial charge is 0.492 e. The highest BCUT2D eigenvalue weighted by Crippen LogP contribution is 2.39. The molecule has 0 bridgehead atoms. The third-order valence-electron chi connectivity index (χ3n) is 3.18. The van der Waals surface area contributed by atoms with Crippen LogP contribution in [0.4, 0.5) is 5.69 Å². The highest BCUT2D eigenvalue weighted by atomic mass is 35.5. The number of hydrogen-bond acceptors (Lipinski definition) is 3. The van der Waals surface area contributed by atoms with Gasteiger partial charge in [0, 0.05) is 11.6 Å². The zero-order valence-corrected chi connectivity index (χ0v) is 13.5. The second-order valence-corrected chi connectivity index (χ2v) is 5.67. The summed E-state index contributed by atoms with van der Waals surface area (Å²) in [5.41, 5.74) is 1.63. The number of allylic oxidation sites excluding steroid dienone is 1. The van der Waals surface area contributed by atoms with Crippen molar-refractivity contribution in [2.75, 3.05) is 11.5 Å². The SMILES string of the molecule is CCOc1cc(N2C(=O)CC(=C(C)C)C2=O)c(Cl)cc1Cl. The molecule has 4 nitrogen and oxygen atoms in total. The van der Waals surface area contributed by atoms with E-state index in [0.717, 1.165) is 10.5 Å². The van der Waals surface area contributed by atoms with E-state index < -0.39 is 0 Å². The lowest BCUT2D eigenvalue weighted by molar-refractivity contribution is -0.120. The molecule has 1 saturated heterocycles. The summed E-state index contributed by atoms with van der Waals surface area (Å²) in [6.07, 6.45) is 0.0874. The topological polar surface area (TPSA) is 46.6 Å². The lowest BCUT2D eigenvalue weighted by Gasteiger charge is -2.17. The Hall–Kier alpha value is -1.52. The molecule has 1 aliphatic heterocycles. The van der Waals surface area contributed by atoms with E-state index in [-0.39, 0.29) is 23.3 Å². The van der Waals surface area contributed by atoms with Gasteiger partial charge in [-0.05, 0) is 26.8 Å². The Labute approximate surface area is 133 Å². The number of benzene rings is 1. The summed E-state index contributed by atoms with van der Waals surface area (Å²) in [5, 5.41) is 0.576. The zero-order valence-electron chi connectivity index (χ0n) is 12.0. The number of anilines is 1. The first kappa shape index (κ1) is 15.9. The second-order valence-electron chi connectivity index (χ2n) is 4.86. The molecule has 0 aliphatic carbocycles. The van der Waals surface area contributed by atoms with Crippen LogP contribution in [0.15, 0.2) is 23.3 Å². The first-order valence-corrected chi connectivity index (χ1v) is 7.27. The van der Waals surface area contributed by atoms with Crippen molar-refractivity contribution in [1.82, 2.24) is 0 Å². The molecule has 0 spiro atoms. The number of rotatable bonds is 3. The molecule has 1 fully saturated rings. The number of halogens is 2. The third kappa shape index (κ3) is 2.92. The summed E-state index contributed by atoms with van der Waals surface area (Å²) in [6.45, 7) is 5.85. The molecule has 0 N–H and O–H groups in total. The van der Waals surface area contributed by atoms with Crippen LogP contribution in [0.1, 0.15) is 27.2 Å². The van der Waals surface area contributed by atoms with Crippen LogP contribution in [-0.4, -0.2) is 18.4 Å². The second kappa shape index (κ2) is 6.08. The molecule has 0 saturated carbocycles. The smallest absolute Gasteiger partial charge is 0.261 e. The molecular formula is C15H15Cl2NO3. The first-order chi connectivity index (χ1) is 9.86. The minimum atomic E-state index is -0.341. The van der Waals surface area contributed by atoms with Gasteiger partial charge in [0.1, 0.15) is 5.75 Å². The average molecular weight is 328 g/mol. The molecule has 0 unspecified atom stereocenters. The summed E-state index contributed by atoms with van der Waals surface area (Å²) in [7, 11) is 0. The Morgan fingerprint density at radius 3 is 2.43 bits per heavy atom. The Balaban J connectivity index is 2.52. The fourth-order valence-electron chi connectivity index (χ4n) is 2.14. The van der Waals surface area contributed by atoms with Gasteiger partial charge in [0.05, 0.1) is 28.8 Å². The fraction of sp³-hybridized carbons (Fsp3) is 0.333. The van der Waals surface area contributed by atoms with Crippen molar-refractivity contribution in [2.24, 2.45) is 0 Å². The van der Waals surface area contributed by atoms with Crippen molar-refractivity contribution < 1.29 is 14.3 Å². The van der Waals surface area contributed by atoms with Gasteiger partial charge < -0.3 is 4.74 Å². The van der Waals surface area contributed by atoms with E-state index in [4.69, 9.17) is 27.9 Å². The van der Waals surface area contributed by atoms with Crippen molar-refractivity contribution >= 4 is 40.7 Å². The van der Waals surface area contributed by atoms with Gasteiger partial charge in [0.2, 0.25) is 5.91 Å². The molecule has 1 aliphatic rings. The van der Waals surface area contributed by atoms with Crippen LogP contribution in [0.3, 0.4) is 0 Å². The standard InChI is InChI=1S/C15H15Cl2NO3/c1-4-21-13-7-12(10(16)6-11(13)17)18-14(19)5-9(8(2)3)15(18)20/h6-7H,4-5H2,1-3H3. The van der Waals surface area contributed by atoms with Crippen LogP contribution in [0.25, 0.3) is 0 Å². The van der Waals surface area contributed by atoms with Crippen LogP contribution < -0.4 is 9.64 Å². The number of hydrogen-bond donors (Lipinski definition) is 0. The van der Waals surface area contributed by atoms with Gasteiger partial charge in [0.25, 0.3) is 5.91 Å². The summed E-state index contributed by atoms with van der Waals surface area (Å²) in [4.78, 5) is 25.6. The average Bonchev–Trinajstić information content (AvgIpc) is 2.69. The molecule has 6 heteroatoms. The number of ether oxygens (including phenoxy) is 1. The minimum Gasteiger partial charge on any atom is -0.492 e. The number of carbonyl (C=O) groups is 2. The number of nitrogens with zero attached hydrogens (tertiary/aromatic N) is 1. The predicted molar refractivity (Wildman–Crippen MR) is 83.1 cm³/mol. The fourth-order valence-corrected chi connectivity index (χ4v) is 2.67. The van der Waals surface area contributed by atoms with E-state index in [1.807, 2.05) is 6.92 Å². The highest BCUT2D eigenvalue weighted by Gasteiger charge is 2.37. The maximum absolute atomic E-state index is 12.4. The van der Waals surface area contributed by atoms with Crippen molar-refractivity contribution in [2.45, 2.75) is 27.2 Å². The van der Waals surface area contributed by atoms with Crippen LogP contribution >= 0.6 is 23.2 Å². The molecule has 0 radical (unpaired) electrons. The van der Waals surface area contributed by atoms with Gasteiger partial charge in [-0.3, -0.25) is 9.59 Å². The maximum atomic E-state index is 12.4. The number of amides is 2. The third-order valence-corrected chi connectivity index (χ3v) is 3.78. The highest BCUT2D eigenvalue weighted by molar-refractivity contribution is 6.39. The van der Waals surface area contributed by atoms with E-state index in [1.54, 1.807) is 13.8 Å². The monoisotopic (exact) mass is 327 g/mol. The maximum Gasteiger partial charge on any atom is 0.261 e. The molecule has 2 rings (SSSR count). The molecule has 0 aromatic heterocycles. The first-order valence-electron chi connectivity index (χ1n) is 6.52. The predicted octanol–water partition coefficient (Wildman–Crippen LogP) is 3.99. The van der Waals surface area contributed by atoms with Crippen molar-refractivity contribution in [1.29, 1.82) is 0 Å². The van der Waals surface area contributed by atoms with E-state index >= 15 is 0 Å². The van der Waals surface area contributed by atoms with E-state index in [0.29, 0.717) is 28.6 Å². The Kier molecular flexibility index (Phi) is 4.59. The van der Waals surface area contributed by atoms with E-state index in [1.165, 1.54) is 12.1 Å². The zero-order chi connectivity index (χ0) is 15.7. The normalized spacial score (nSPS) is 14.9. The molecule has 2 amide bonds. The van der Waals surface area contributed by atoms with Gasteiger partial charge >= 0.3 is 0 Å². The Morgan fingerprint density at radius 2 is 1.90 bits per heavy atom. The van der Waals surface area contributed by atoms with Crippen LogP contribution in [0, 0.1) is 0 Å². The minimum absolute atomic E-state index is 0.0874. The van der Waals surface area contributed by atoms with Crippen molar-refractivity contribution in [3.63, 3.8) is 0 Å². The summed E-state index contributed by atoms with van der Waals surface area (Å²) in [5.74, 6) is -0.251.